The second-order valence-electron chi connectivity index (χ2n) is 22.4. The number of unbranched alkanes of at least 4 members (excludes halogenated alkanes) is 42. The van der Waals surface area contributed by atoms with Crippen molar-refractivity contribution in [3.05, 3.63) is 24.3 Å². The number of aliphatic hydroxyl groups excluding tert-OH is 1. The third kappa shape index (κ3) is 54.7. The van der Waals surface area contributed by atoms with E-state index in [-0.39, 0.29) is 19.1 Å². The van der Waals surface area contributed by atoms with E-state index in [0.717, 1.165) is 38.5 Å². The Bertz CT molecular complexity index is 1190. The van der Waals surface area contributed by atoms with Gasteiger partial charge in [-0.3, -0.25) is 9.36 Å². The molecule has 3 unspecified atom stereocenters. The van der Waals surface area contributed by atoms with E-state index in [2.05, 4.69) is 31.3 Å². The fourth-order valence-corrected chi connectivity index (χ4v) is 10.1. The van der Waals surface area contributed by atoms with Gasteiger partial charge in [0, 0.05) is 6.42 Å². The summed E-state index contributed by atoms with van der Waals surface area (Å²) in [5.74, 6) is -0.200. The molecule has 0 heterocycles. The Kier molecular flexibility index (Phi) is 52.1. The van der Waals surface area contributed by atoms with Gasteiger partial charge in [-0.1, -0.05) is 295 Å². The molecule has 0 bridgehead atoms. The summed E-state index contributed by atoms with van der Waals surface area (Å²) in [5, 5.41) is 13.9. The van der Waals surface area contributed by atoms with Crippen LogP contribution in [0.2, 0.25) is 0 Å². The van der Waals surface area contributed by atoms with Crippen molar-refractivity contribution in [1.29, 1.82) is 0 Å². The fraction of sp³-hybridized carbons (Fsp3) is 0.918. The van der Waals surface area contributed by atoms with E-state index in [0.29, 0.717) is 17.4 Å². The Hall–Kier alpha value is -1.02. The maximum Gasteiger partial charge on any atom is 0.268 e. The summed E-state index contributed by atoms with van der Waals surface area (Å²) in [5.41, 5.74) is 0. The highest BCUT2D eigenvalue weighted by molar-refractivity contribution is 7.45. The first-order chi connectivity index (χ1) is 34.0. The highest BCUT2D eigenvalue weighted by atomic mass is 31.2. The Morgan fingerprint density at radius 2 is 0.800 bits per heavy atom. The summed E-state index contributed by atoms with van der Waals surface area (Å²) < 4.78 is 23.4. The highest BCUT2D eigenvalue weighted by Gasteiger charge is 2.23. The summed E-state index contributed by atoms with van der Waals surface area (Å²) in [6.07, 6.45) is 67.0. The largest absolute Gasteiger partial charge is 0.756 e. The van der Waals surface area contributed by atoms with Crippen molar-refractivity contribution < 1.29 is 32.9 Å². The van der Waals surface area contributed by atoms with Crippen molar-refractivity contribution in [1.82, 2.24) is 5.32 Å². The first-order valence-electron chi connectivity index (χ1n) is 30.7. The minimum absolute atomic E-state index is 0.00359. The second-order valence-corrected chi connectivity index (χ2v) is 23.8. The van der Waals surface area contributed by atoms with Gasteiger partial charge in [-0.2, -0.15) is 0 Å². The van der Waals surface area contributed by atoms with E-state index in [1.54, 1.807) is 6.08 Å². The number of phosphoric acid groups is 1. The molecule has 0 aromatic carbocycles. The number of carbonyl (C=O) groups is 1. The SMILES string of the molecule is CCCCCCCCCCCCCCCCCCCCC/C=C/CC/C=C/C(O)C(COP(=O)([O-])OCC[N+](C)(C)C)NC(=O)CCCCCCCCCCCCCCCCCCCCCCCCC. The first-order valence-corrected chi connectivity index (χ1v) is 32.2. The highest BCUT2D eigenvalue weighted by Crippen LogP contribution is 2.38. The monoisotopic (exact) mass is 1010 g/mol. The van der Waals surface area contributed by atoms with Crippen LogP contribution in [0.1, 0.15) is 309 Å². The number of nitrogens with zero attached hydrogens (tertiary/aromatic N) is 1. The van der Waals surface area contributed by atoms with Gasteiger partial charge in [0.1, 0.15) is 13.2 Å². The van der Waals surface area contributed by atoms with Gasteiger partial charge in [0.2, 0.25) is 5.91 Å². The van der Waals surface area contributed by atoms with Crippen molar-refractivity contribution in [2.45, 2.75) is 321 Å². The predicted octanol–water partition coefficient (Wildman–Crippen LogP) is 18.1. The number of hydrogen-bond acceptors (Lipinski definition) is 6. The molecule has 0 aliphatic carbocycles. The van der Waals surface area contributed by atoms with Crippen LogP contribution in [0, 0.1) is 0 Å². The molecule has 0 aromatic heterocycles. The van der Waals surface area contributed by atoms with Crippen molar-refractivity contribution in [2.24, 2.45) is 0 Å². The van der Waals surface area contributed by atoms with Crippen LogP contribution in [0.4, 0.5) is 0 Å². The Balaban J connectivity index is 4.18. The minimum Gasteiger partial charge on any atom is -0.756 e. The van der Waals surface area contributed by atoms with Gasteiger partial charge < -0.3 is 28.8 Å². The lowest BCUT2D eigenvalue weighted by molar-refractivity contribution is -0.870. The van der Waals surface area contributed by atoms with Crippen LogP contribution >= 0.6 is 7.82 Å². The summed E-state index contributed by atoms with van der Waals surface area (Å²) in [7, 11) is 1.26. The zero-order valence-electron chi connectivity index (χ0n) is 47.5. The van der Waals surface area contributed by atoms with Gasteiger partial charge in [-0.25, -0.2) is 0 Å². The maximum atomic E-state index is 13.0. The number of amides is 1. The zero-order valence-corrected chi connectivity index (χ0v) is 48.4. The Morgan fingerprint density at radius 1 is 0.486 bits per heavy atom. The van der Waals surface area contributed by atoms with E-state index in [1.165, 1.54) is 250 Å². The molecule has 0 saturated heterocycles. The van der Waals surface area contributed by atoms with Crippen molar-refractivity contribution >= 4 is 13.7 Å². The lowest BCUT2D eigenvalue weighted by atomic mass is 10.0. The number of allylic oxidation sites excluding steroid dienone is 3. The molecule has 0 aliphatic rings. The quantitative estimate of drug-likeness (QED) is 0.0272. The molecule has 70 heavy (non-hydrogen) atoms. The third-order valence-corrected chi connectivity index (χ3v) is 15.1. The third-order valence-electron chi connectivity index (χ3n) is 14.2. The number of likely N-dealkylation sites (N-methyl/N-ethyl adjacent to an activating group) is 1. The molecule has 2 N–H and O–H groups in total. The van der Waals surface area contributed by atoms with Gasteiger partial charge in [0.25, 0.3) is 7.82 Å². The molecule has 0 aromatic rings. The molecule has 0 spiro atoms. The molecule has 0 rings (SSSR count). The zero-order chi connectivity index (χ0) is 51.3. The van der Waals surface area contributed by atoms with Crippen LogP contribution in [0.25, 0.3) is 0 Å². The van der Waals surface area contributed by atoms with Gasteiger partial charge in [-0.05, 0) is 32.1 Å². The van der Waals surface area contributed by atoms with Crippen LogP contribution < -0.4 is 10.2 Å². The lowest BCUT2D eigenvalue weighted by Crippen LogP contribution is -2.45. The van der Waals surface area contributed by atoms with E-state index < -0.39 is 20.0 Å². The fourth-order valence-electron chi connectivity index (χ4n) is 9.35. The molecule has 416 valence electrons. The minimum atomic E-state index is -4.60. The summed E-state index contributed by atoms with van der Waals surface area (Å²) >= 11 is 0. The van der Waals surface area contributed by atoms with Crippen molar-refractivity contribution in [3.8, 4) is 0 Å². The molecule has 0 saturated carbocycles. The first kappa shape index (κ1) is 69.0. The number of hydrogen-bond donors (Lipinski definition) is 2. The predicted molar refractivity (Wildman–Crippen MR) is 302 cm³/mol. The molecule has 3 atom stereocenters. The van der Waals surface area contributed by atoms with Crippen molar-refractivity contribution in [2.75, 3.05) is 40.9 Å². The Labute approximate surface area is 436 Å². The molecule has 0 fully saturated rings. The van der Waals surface area contributed by atoms with Crippen LogP contribution in [-0.4, -0.2) is 68.5 Å². The summed E-state index contributed by atoms with van der Waals surface area (Å²) in [4.78, 5) is 25.5. The number of quaternary nitrogens is 1. The van der Waals surface area contributed by atoms with Crippen LogP contribution in [0.5, 0.6) is 0 Å². The molecule has 1 amide bonds. The molecular weight excluding hydrogens is 888 g/mol. The number of rotatable bonds is 57. The molecule has 0 radical (unpaired) electrons. The number of phosphoric ester groups is 1. The average Bonchev–Trinajstić information content (AvgIpc) is 3.32. The number of aliphatic hydroxyl groups is 1. The van der Waals surface area contributed by atoms with Gasteiger partial charge in [0.15, 0.2) is 0 Å². The number of nitrogens with one attached hydrogen (secondary N) is 1. The van der Waals surface area contributed by atoms with E-state index in [4.69, 9.17) is 9.05 Å². The van der Waals surface area contributed by atoms with Gasteiger partial charge >= 0.3 is 0 Å². The summed E-state index contributed by atoms with van der Waals surface area (Å²) in [6, 6.07) is -0.900. The number of carbonyl (C=O) groups excluding carboxylic acids is 1. The van der Waals surface area contributed by atoms with Gasteiger partial charge in [0.05, 0.1) is 39.9 Å². The standard InChI is InChI=1S/C61H121N2O6P/c1-6-8-10-12-14-16-18-20-22-24-26-28-30-31-33-34-36-38-40-42-44-46-48-50-52-54-60(64)59(58-69-70(66,67)68-57-56-63(3,4)5)62-61(65)55-53-51-49-47-45-43-41-39-37-35-32-29-27-25-23-21-19-17-15-13-11-9-7-2/h44,46,52,54,59-60,64H,6-43,45,47-51,53,55-58H2,1-5H3,(H-,62,65,66,67)/b46-44+,54-52+. The normalized spacial score (nSPS) is 14.0. The Morgan fingerprint density at radius 3 is 1.16 bits per heavy atom. The van der Waals surface area contributed by atoms with Crippen molar-refractivity contribution in [3.63, 3.8) is 0 Å². The molecule has 8 nitrogen and oxygen atoms in total. The van der Waals surface area contributed by atoms with Crippen LogP contribution in [0.15, 0.2) is 24.3 Å². The molecular formula is C61H121N2O6P. The van der Waals surface area contributed by atoms with E-state index >= 15 is 0 Å². The van der Waals surface area contributed by atoms with E-state index in [9.17, 15) is 19.4 Å². The molecule has 0 aliphatic heterocycles. The van der Waals surface area contributed by atoms with E-state index in [1.807, 2.05) is 27.2 Å². The molecule has 9 heteroatoms. The average molecular weight is 1010 g/mol. The smallest absolute Gasteiger partial charge is 0.268 e. The maximum absolute atomic E-state index is 13.0. The topological polar surface area (TPSA) is 108 Å². The van der Waals surface area contributed by atoms with Crippen LogP contribution in [0.3, 0.4) is 0 Å². The van der Waals surface area contributed by atoms with Crippen LogP contribution in [-0.2, 0) is 18.4 Å². The summed E-state index contributed by atoms with van der Waals surface area (Å²) in [6.45, 7) is 4.68. The lowest BCUT2D eigenvalue weighted by Gasteiger charge is -2.29. The van der Waals surface area contributed by atoms with Gasteiger partial charge in [-0.15, -0.1) is 0 Å². The second kappa shape index (κ2) is 52.8.